The number of hydrogen-bond donors (Lipinski definition) is 1. The second-order valence-electron chi connectivity index (χ2n) is 7.21. The van der Waals surface area contributed by atoms with E-state index in [-0.39, 0.29) is 0 Å². The quantitative estimate of drug-likeness (QED) is 0.751. The standard InChI is InChI=1S/C21H28N2/c1-15-9-10-17(13-15)19-12-11-18(23(2)3)14-20(19)21(22)16-7-5-4-6-8-16/h9-14,16-17,22H,4-8H2,1-3H3. The predicted octanol–water partition coefficient (Wildman–Crippen LogP) is 5.30. The Hall–Kier alpha value is -1.83. The molecule has 1 aromatic carbocycles. The third-order valence-electron chi connectivity index (χ3n) is 5.22. The van der Waals surface area contributed by atoms with Crippen molar-refractivity contribution in [3.8, 4) is 0 Å². The maximum Gasteiger partial charge on any atom is 0.0420 e. The fourth-order valence-electron chi connectivity index (χ4n) is 3.80. The summed E-state index contributed by atoms with van der Waals surface area (Å²) >= 11 is 0. The first-order valence-electron chi connectivity index (χ1n) is 8.83. The number of rotatable bonds is 4. The molecule has 1 aromatic rings. The van der Waals surface area contributed by atoms with Crippen LogP contribution in [0.2, 0.25) is 0 Å². The average Bonchev–Trinajstić information content (AvgIpc) is 3.00. The van der Waals surface area contributed by atoms with Gasteiger partial charge in [-0.3, -0.25) is 0 Å². The first-order chi connectivity index (χ1) is 11.1. The van der Waals surface area contributed by atoms with Crippen LogP contribution in [0.4, 0.5) is 5.69 Å². The highest BCUT2D eigenvalue weighted by Crippen LogP contribution is 2.34. The summed E-state index contributed by atoms with van der Waals surface area (Å²) in [5.74, 6) is 0.764. The Labute approximate surface area is 140 Å². The monoisotopic (exact) mass is 308 g/mol. The minimum atomic E-state index is 0.324. The van der Waals surface area contributed by atoms with Crippen molar-refractivity contribution < 1.29 is 0 Å². The molecule has 1 N–H and O–H groups in total. The van der Waals surface area contributed by atoms with Crippen LogP contribution in [0.25, 0.3) is 0 Å². The van der Waals surface area contributed by atoms with Crippen LogP contribution in [-0.2, 0) is 0 Å². The van der Waals surface area contributed by atoms with Crippen LogP contribution in [-0.4, -0.2) is 19.8 Å². The molecule has 0 amide bonds. The van der Waals surface area contributed by atoms with Gasteiger partial charge in [0.15, 0.2) is 0 Å². The number of hydrogen-bond acceptors (Lipinski definition) is 2. The van der Waals surface area contributed by atoms with Gasteiger partial charge in [0.2, 0.25) is 0 Å². The fraction of sp³-hybridized carbons (Fsp3) is 0.476. The molecule has 23 heavy (non-hydrogen) atoms. The molecule has 1 atom stereocenters. The molecule has 122 valence electrons. The van der Waals surface area contributed by atoms with Crippen molar-refractivity contribution in [2.24, 2.45) is 5.92 Å². The Morgan fingerprint density at radius 1 is 1.13 bits per heavy atom. The molecular formula is C21H28N2. The van der Waals surface area contributed by atoms with Gasteiger partial charge < -0.3 is 10.3 Å². The molecule has 2 aliphatic carbocycles. The zero-order valence-electron chi connectivity index (χ0n) is 14.6. The number of anilines is 1. The Bertz CT molecular complexity index is 646. The molecule has 0 bridgehead atoms. The van der Waals surface area contributed by atoms with E-state index in [4.69, 9.17) is 5.41 Å². The molecule has 1 saturated carbocycles. The molecule has 0 aromatic heterocycles. The third-order valence-corrected chi connectivity index (χ3v) is 5.22. The summed E-state index contributed by atoms with van der Waals surface area (Å²) in [6, 6.07) is 6.63. The summed E-state index contributed by atoms with van der Waals surface area (Å²) < 4.78 is 0. The zero-order valence-corrected chi connectivity index (χ0v) is 14.6. The Kier molecular flexibility index (Phi) is 4.70. The van der Waals surface area contributed by atoms with Crippen LogP contribution in [0.5, 0.6) is 0 Å². The zero-order chi connectivity index (χ0) is 16.4. The second kappa shape index (κ2) is 6.74. The van der Waals surface area contributed by atoms with Crippen molar-refractivity contribution in [1.82, 2.24) is 0 Å². The van der Waals surface area contributed by atoms with Crippen molar-refractivity contribution >= 4 is 11.4 Å². The summed E-state index contributed by atoms with van der Waals surface area (Å²) in [4.78, 5) is 2.13. The molecule has 1 unspecified atom stereocenters. The van der Waals surface area contributed by atoms with Crippen LogP contribution >= 0.6 is 0 Å². The summed E-state index contributed by atoms with van der Waals surface area (Å²) in [6.07, 6.45) is 13.0. The van der Waals surface area contributed by atoms with E-state index in [1.54, 1.807) is 0 Å². The highest BCUT2D eigenvalue weighted by molar-refractivity contribution is 6.02. The van der Waals surface area contributed by atoms with Gasteiger partial charge in [0, 0.05) is 42.9 Å². The first-order valence-corrected chi connectivity index (χ1v) is 8.83. The number of benzene rings is 1. The van der Waals surface area contributed by atoms with Crippen LogP contribution in [0.15, 0.2) is 42.0 Å². The van der Waals surface area contributed by atoms with Gasteiger partial charge in [-0.2, -0.15) is 0 Å². The van der Waals surface area contributed by atoms with Crippen LogP contribution in [0, 0.1) is 11.3 Å². The molecule has 2 heteroatoms. The van der Waals surface area contributed by atoms with E-state index in [1.165, 1.54) is 48.9 Å². The van der Waals surface area contributed by atoms with E-state index in [9.17, 15) is 0 Å². The SMILES string of the molecule is CC1=CC(c2ccc(N(C)C)cc2C(=N)C2CCCCC2)C=C1. The molecular weight excluding hydrogens is 280 g/mol. The molecule has 2 aliphatic rings. The molecule has 1 fully saturated rings. The second-order valence-corrected chi connectivity index (χ2v) is 7.21. The average molecular weight is 308 g/mol. The van der Waals surface area contributed by atoms with Crippen molar-refractivity contribution in [3.05, 3.63) is 53.1 Å². The van der Waals surface area contributed by atoms with Crippen LogP contribution in [0.1, 0.15) is 56.1 Å². The lowest BCUT2D eigenvalue weighted by atomic mass is 9.80. The molecule has 0 aliphatic heterocycles. The van der Waals surface area contributed by atoms with Gasteiger partial charge in [-0.1, -0.05) is 49.1 Å². The lowest BCUT2D eigenvalue weighted by molar-refractivity contribution is 0.438. The topological polar surface area (TPSA) is 27.1 Å². The van der Waals surface area contributed by atoms with Crippen LogP contribution in [0.3, 0.4) is 0 Å². The van der Waals surface area contributed by atoms with Gasteiger partial charge in [-0.25, -0.2) is 0 Å². The van der Waals surface area contributed by atoms with Gasteiger partial charge in [0.25, 0.3) is 0 Å². The minimum absolute atomic E-state index is 0.324. The number of nitrogens with one attached hydrogen (secondary N) is 1. The van der Waals surface area contributed by atoms with E-state index in [2.05, 4.69) is 62.3 Å². The Balaban J connectivity index is 1.98. The Morgan fingerprint density at radius 2 is 1.87 bits per heavy atom. The van der Waals surface area contributed by atoms with Crippen LogP contribution < -0.4 is 4.90 Å². The van der Waals surface area contributed by atoms with Crippen molar-refractivity contribution in [2.45, 2.75) is 44.9 Å². The third kappa shape index (κ3) is 3.41. The van der Waals surface area contributed by atoms with Crippen molar-refractivity contribution in [1.29, 1.82) is 5.41 Å². The molecule has 3 rings (SSSR count). The maximum absolute atomic E-state index is 8.85. The predicted molar refractivity (Wildman–Crippen MR) is 99.8 cm³/mol. The van der Waals surface area contributed by atoms with Gasteiger partial charge >= 0.3 is 0 Å². The summed E-state index contributed by atoms with van der Waals surface area (Å²) in [7, 11) is 4.14. The molecule has 0 heterocycles. The fourth-order valence-corrected chi connectivity index (χ4v) is 3.80. The van der Waals surface area contributed by atoms with Gasteiger partial charge in [-0.05, 0) is 37.5 Å². The minimum Gasteiger partial charge on any atom is -0.378 e. The smallest absolute Gasteiger partial charge is 0.0420 e. The highest BCUT2D eigenvalue weighted by Gasteiger charge is 2.24. The van der Waals surface area contributed by atoms with Crippen molar-refractivity contribution in [3.63, 3.8) is 0 Å². The molecule has 2 nitrogen and oxygen atoms in total. The first kappa shape index (κ1) is 16.0. The van der Waals surface area contributed by atoms with E-state index in [1.807, 2.05) is 0 Å². The normalized spacial score (nSPS) is 21.3. The van der Waals surface area contributed by atoms with E-state index in [0.717, 1.165) is 11.3 Å². The molecule has 0 spiro atoms. The van der Waals surface area contributed by atoms with Gasteiger partial charge in [0.1, 0.15) is 0 Å². The van der Waals surface area contributed by atoms with E-state index >= 15 is 0 Å². The summed E-state index contributed by atoms with van der Waals surface area (Å²) in [6.45, 7) is 2.15. The van der Waals surface area contributed by atoms with E-state index < -0.39 is 0 Å². The lowest BCUT2D eigenvalue weighted by Crippen LogP contribution is -2.20. The van der Waals surface area contributed by atoms with Gasteiger partial charge in [0.05, 0.1) is 0 Å². The Morgan fingerprint density at radius 3 is 2.48 bits per heavy atom. The van der Waals surface area contributed by atoms with Crippen molar-refractivity contribution in [2.75, 3.05) is 19.0 Å². The molecule has 0 radical (unpaired) electrons. The summed E-state index contributed by atoms with van der Waals surface area (Å²) in [5.41, 5.74) is 5.81. The number of nitrogens with zero attached hydrogens (tertiary/aromatic N) is 1. The summed E-state index contributed by atoms with van der Waals surface area (Å²) in [5, 5.41) is 8.85. The number of allylic oxidation sites excluding steroid dienone is 4. The largest absolute Gasteiger partial charge is 0.378 e. The van der Waals surface area contributed by atoms with Gasteiger partial charge in [-0.15, -0.1) is 0 Å². The van der Waals surface area contributed by atoms with E-state index in [0.29, 0.717) is 11.8 Å². The highest BCUT2D eigenvalue weighted by atomic mass is 15.1. The lowest BCUT2D eigenvalue weighted by Gasteiger charge is -2.26. The maximum atomic E-state index is 8.85. The molecule has 0 saturated heterocycles.